The zero-order valence-corrected chi connectivity index (χ0v) is 13.0. The number of unbranched alkanes of at least 4 members (excludes halogenated alkanes) is 7. The van der Waals surface area contributed by atoms with E-state index in [9.17, 15) is 5.11 Å². The van der Waals surface area contributed by atoms with Crippen LogP contribution in [0.15, 0.2) is 12.7 Å². The first-order valence-electron chi connectivity index (χ1n) is 8.71. The van der Waals surface area contributed by atoms with Crippen molar-refractivity contribution < 1.29 is 9.84 Å². The Morgan fingerprint density at radius 1 is 0.950 bits per heavy atom. The van der Waals surface area contributed by atoms with Gasteiger partial charge >= 0.3 is 0 Å². The lowest BCUT2D eigenvalue weighted by Gasteiger charge is -2.36. The molecule has 116 valence electrons. The zero-order valence-electron chi connectivity index (χ0n) is 13.0. The van der Waals surface area contributed by atoms with Crippen LogP contribution < -0.4 is 0 Å². The van der Waals surface area contributed by atoms with Crippen molar-refractivity contribution >= 4 is 0 Å². The molecule has 0 spiro atoms. The molecule has 2 aliphatic heterocycles. The molecule has 2 rings (SSSR count). The molecule has 20 heavy (non-hydrogen) atoms. The highest BCUT2D eigenvalue weighted by molar-refractivity contribution is 4.94. The topological polar surface area (TPSA) is 29.5 Å². The van der Waals surface area contributed by atoms with Crippen molar-refractivity contribution in [1.29, 1.82) is 0 Å². The molecule has 2 bridgehead atoms. The van der Waals surface area contributed by atoms with Crippen molar-refractivity contribution in [3.63, 3.8) is 0 Å². The third-order valence-corrected chi connectivity index (χ3v) is 4.96. The Morgan fingerprint density at radius 2 is 1.50 bits per heavy atom. The van der Waals surface area contributed by atoms with Gasteiger partial charge in [-0.1, -0.05) is 44.6 Å². The van der Waals surface area contributed by atoms with Gasteiger partial charge in [-0.3, -0.25) is 0 Å². The minimum Gasteiger partial charge on any atom is -0.390 e. The van der Waals surface area contributed by atoms with Gasteiger partial charge in [0.2, 0.25) is 0 Å². The number of hydrogen-bond acceptors (Lipinski definition) is 2. The summed E-state index contributed by atoms with van der Waals surface area (Å²) in [5.74, 6) is 0. The summed E-state index contributed by atoms with van der Waals surface area (Å²) in [6.07, 6.45) is 18.1. The maximum absolute atomic E-state index is 10.7. The maximum Gasteiger partial charge on any atom is 0.0697 e. The molecule has 2 nitrogen and oxygen atoms in total. The van der Waals surface area contributed by atoms with Crippen molar-refractivity contribution in [2.45, 2.75) is 101 Å². The average molecular weight is 280 g/mol. The van der Waals surface area contributed by atoms with E-state index in [-0.39, 0.29) is 0 Å². The van der Waals surface area contributed by atoms with E-state index in [2.05, 4.69) is 6.58 Å². The van der Waals surface area contributed by atoms with Crippen LogP contribution >= 0.6 is 0 Å². The fourth-order valence-corrected chi connectivity index (χ4v) is 3.84. The van der Waals surface area contributed by atoms with Gasteiger partial charge in [-0.2, -0.15) is 0 Å². The van der Waals surface area contributed by atoms with Crippen molar-refractivity contribution in [3.8, 4) is 0 Å². The van der Waals surface area contributed by atoms with Crippen LogP contribution in [0.3, 0.4) is 0 Å². The molecule has 0 aromatic rings. The monoisotopic (exact) mass is 280 g/mol. The molecule has 2 heterocycles. The molecular formula is C18H32O2. The van der Waals surface area contributed by atoms with Gasteiger partial charge in [-0.05, 0) is 32.1 Å². The zero-order chi connectivity index (χ0) is 14.3. The Labute approximate surface area is 124 Å². The van der Waals surface area contributed by atoms with E-state index < -0.39 is 5.60 Å². The second kappa shape index (κ2) is 8.19. The lowest BCUT2D eigenvalue weighted by atomic mass is 9.85. The Kier molecular flexibility index (Phi) is 6.57. The smallest absolute Gasteiger partial charge is 0.0697 e. The number of hydrogen-bond donors (Lipinski definition) is 1. The number of aliphatic hydroxyl groups is 1. The van der Waals surface area contributed by atoms with Crippen molar-refractivity contribution in [1.82, 2.24) is 0 Å². The summed E-state index contributed by atoms with van der Waals surface area (Å²) in [6.45, 7) is 3.75. The number of ether oxygens (including phenoxy) is 1. The highest BCUT2D eigenvalue weighted by Crippen LogP contribution is 2.40. The van der Waals surface area contributed by atoms with E-state index in [1.807, 2.05) is 6.08 Å². The standard InChI is InChI=1S/C18H32O2/c1-2-3-4-5-6-7-8-9-10-13-18(19)14-16-11-12-17(15-18)20-16/h2,16-17,19H,1,3-15H2. The summed E-state index contributed by atoms with van der Waals surface area (Å²) < 4.78 is 5.82. The molecule has 2 fully saturated rings. The first-order chi connectivity index (χ1) is 9.72. The number of fused-ring (bicyclic) bond motifs is 2. The van der Waals surface area contributed by atoms with Crippen molar-refractivity contribution in [2.75, 3.05) is 0 Å². The molecule has 2 aliphatic rings. The molecule has 0 aliphatic carbocycles. The van der Waals surface area contributed by atoms with E-state index in [0.717, 1.165) is 38.5 Å². The quantitative estimate of drug-likeness (QED) is 0.462. The van der Waals surface area contributed by atoms with Crippen LogP contribution in [0.25, 0.3) is 0 Å². The number of allylic oxidation sites excluding steroid dienone is 1. The van der Waals surface area contributed by atoms with E-state index in [1.165, 1.54) is 44.9 Å². The molecule has 2 unspecified atom stereocenters. The van der Waals surface area contributed by atoms with Gasteiger partial charge in [0.05, 0.1) is 17.8 Å². The second-order valence-corrected chi connectivity index (χ2v) is 6.89. The van der Waals surface area contributed by atoms with Crippen LogP contribution in [0.4, 0.5) is 0 Å². The molecule has 2 saturated heterocycles. The van der Waals surface area contributed by atoms with Crippen molar-refractivity contribution in [2.24, 2.45) is 0 Å². The Hall–Kier alpha value is -0.340. The average Bonchev–Trinajstić information content (AvgIpc) is 2.77. The predicted octanol–water partition coefficient (Wildman–Crippen LogP) is 4.76. The van der Waals surface area contributed by atoms with Gasteiger partial charge < -0.3 is 9.84 Å². The van der Waals surface area contributed by atoms with Crippen LogP contribution in [-0.4, -0.2) is 22.9 Å². The lowest BCUT2D eigenvalue weighted by molar-refractivity contribution is -0.115. The maximum atomic E-state index is 10.7. The third-order valence-electron chi connectivity index (χ3n) is 4.96. The van der Waals surface area contributed by atoms with Crippen molar-refractivity contribution in [3.05, 3.63) is 12.7 Å². The van der Waals surface area contributed by atoms with E-state index >= 15 is 0 Å². The molecule has 0 aromatic heterocycles. The van der Waals surface area contributed by atoms with Gasteiger partial charge in [-0.25, -0.2) is 0 Å². The highest BCUT2D eigenvalue weighted by atomic mass is 16.5. The first-order valence-corrected chi connectivity index (χ1v) is 8.71. The minimum absolute atomic E-state index is 0.351. The molecule has 0 saturated carbocycles. The molecule has 0 aromatic carbocycles. The summed E-state index contributed by atoms with van der Waals surface area (Å²) in [7, 11) is 0. The van der Waals surface area contributed by atoms with Gasteiger partial charge in [0.15, 0.2) is 0 Å². The van der Waals surface area contributed by atoms with Crippen LogP contribution in [0, 0.1) is 0 Å². The van der Waals surface area contributed by atoms with Crippen LogP contribution in [0.5, 0.6) is 0 Å². The molecule has 0 amide bonds. The number of rotatable bonds is 10. The summed E-state index contributed by atoms with van der Waals surface area (Å²) >= 11 is 0. The van der Waals surface area contributed by atoms with Crippen LogP contribution in [0.1, 0.15) is 83.5 Å². The third kappa shape index (κ3) is 5.21. The Balaban J connectivity index is 1.47. The van der Waals surface area contributed by atoms with Gasteiger partial charge in [0, 0.05) is 12.8 Å². The van der Waals surface area contributed by atoms with E-state index in [0.29, 0.717) is 12.2 Å². The van der Waals surface area contributed by atoms with E-state index in [4.69, 9.17) is 4.74 Å². The highest BCUT2D eigenvalue weighted by Gasteiger charge is 2.42. The molecule has 2 heteroatoms. The Morgan fingerprint density at radius 3 is 2.10 bits per heavy atom. The fraction of sp³-hybridized carbons (Fsp3) is 0.889. The molecule has 2 atom stereocenters. The Bertz CT molecular complexity index is 275. The summed E-state index contributed by atoms with van der Waals surface area (Å²) in [5, 5.41) is 10.7. The first kappa shape index (κ1) is 16.0. The summed E-state index contributed by atoms with van der Waals surface area (Å²) in [6, 6.07) is 0. The van der Waals surface area contributed by atoms with Crippen LogP contribution in [-0.2, 0) is 4.74 Å². The molecular weight excluding hydrogens is 248 g/mol. The van der Waals surface area contributed by atoms with Crippen LogP contribution in [0.2, 0.25) is 0 Å². The minimum atomic E-state index is -0.409. The summed E-state index contributed by atoms with van der Waals surface area (Å²) in [5.41, 5.74) is -0.409. The molecule has 1 N–H and O–H groups in total. The van der Waals surface area contributed by atoms with Gasteiger partial charge in [0.25, 0.3) is 0 Å². The summed E-state index contributed by atoms with van der Waals surface area (Å²) in [4.78, 5) is 0. The predicted molar refractivity (Wildman–Crippen MR) is 83.8 cm³/mol. The largest absolute Gasteiger partial charge is 0.390 e. The normalized spacial score (nSPS) is 32.5. The molecule has 0 radical (unpaired) electrons. The fourth-order valence-electron chi connectivity index (χ4n) is 3.84. The van der Waals surface area contributed by atoms with E-state index in [1.54, 1.807) is 0 Å². The van der Waals surface area contributed by atoms with Gasteiger partial charge in [0.1, 0.15) is 0 Å². The van der Waals surface area contributed by atoms with Gasteiger partial charge in [-0.15, -0.1) is 6.58 Å². The lowest BCUT2D eigenvalue weighted by Crippen LogP contribution is -2.40. The SMILES string of the molecule is C=CCCCCCCCCCC1(O)CC2CCC(C1)O2. The second-order valence-electron chi connectivity index (χ2n) is 6.89.